The molecule has 78 valence electrons. The maximum Gasteiger partial charge on any atom is 0.212 e. The maximum atomic E-state index is 9.24. The van der Waals surface area contributed by atoms with Crippen molar-refractivity contribution in [2.75, 3.05) is 6.61 Å². The first-order valence-electron chi connectivity index (χ1n) is 4.20. The summed E-state index contributed by atoms with van der Waals surface area (Å²) in [6, 6.07) is 7.09. The summed E-state index contributed by atoms with van der Waals surface area (Å²) < 4.78 is 4.97. The minimum atomic E-state index is -0.790. The minimum Gasteiger partial charge on any atom is -0.450 e. The second-order valence-corrected chi connectivity index (χ2v) is 3.23. The van der Waals surface area contributed by atoms with Gasteiger partial charge in [0.1, 0.15) is 5.75 Å². The largest absolute Gasteiger partial charge is 0.450 e. The molecule has 0 aliphatic carbocycles. The lowest BCUT2D eigenvalue weighted by Crippen LogP contribution is -2.15. The van der Waals surface area contributed by atoms with Crippen LogP contribution in [0.4, 0.5) is 0 Å². The van der Waals surface area contributed by atoms with Gasteiger partial charge in [0.15, 0.2) is 0 Å². The Morgan fingerprint density at radius 1 is 1.36 bits per heavy atom. The van der Waals surface area contributed by atoms with Crippen LogP contribution >= 0.6 is 9.03 Å². The van der Waals surface area contributed by atoms with E-state index in [4.69, 9.17) is 14.5 Å². The van der Waals surface area contributed by atoms with E-state index in [1.807, 2.05) is 6.07 Å². The van der Waals surface area contributed by atoms with Crippen molar-refractivity contribution in [1.29, 1.82) is 0 Å². The predicted octanol–water partition coefficient (Wildman–Crippen LogP) is 0.462. The van der Waals surface area contributed by atoms with E-state index in [0.29, 0.717) is 12.2 Å². The number of benzene rings is 1. The summed E-state index contributed by atoms with van der Waals surface area (Å²) in [5.41, 5.74) is 0.774. The van der Waals surface area contributed by atoms with Crippen molar-refractivity contribution in [2.45, 2.75) is 12.5 Å². The second kappa shape index (κ2) is 5.94. The zero-order chi connectivity index (χ0) is 10.4. The number of hydrogen-bond acceptors (Lipinski definition) is 4. The van der Waals surface area contributed by atoms with Crippen molar-refractivity contribution in [3.8, 4) is 5.75 Å². The van der Waals surface area contributed by atoms with Crippen molar-refractivity contribution in [1.82, 2.24) is 0 Å². The Bertz CT molecular complexity index is 279. The fraction of sp³-hybridized carbons (Fsp3) is 0.333. The van der Waals surface area contributed by atoms with E-state index in [0.717, 1.165) is 5.56 Å². The molecule has 2 atom stereocenters. The van der Waals surface area contributed by atoms with Gasteiger partial charge < -0.3 is 19.6 Å². The normalized spacial score (nSPS) is 13.4. The van der Waals surface area contributed by atoms with Crippen molar-refractivity contribution < 1.29 is 19.6 Å². The Hall–Kier alpha value is -0.670. The lowest BCUT2D eigenvalue weighted by Gasteiger charge is -2.11. The van der Waals surface area contributed by atoms with Crippen LogP contribution in [0.5, 0.6) is 5.75 Å². The zero-order valence-electron chi connectivity index (χ0n) is 7.55. The number of aliphatic hydroxyl groups excluding tert-OH is 2. The van der Waals surface area contributed by atoms with Crippen LogP contribution in [0.2, 0.25) is 0 Å². The molecule has 0 spiro atoms. The van der Waals surface area contributed by atoms with E-state index in [2.05, 4.69) is 0 Å². The van der Waals surface area contributed by atoms with Gasteiger partial charge in [0.2, 0.25) is 9.03 Å². The fourth-order valence-electron chi connectivity index (χ4n) is 1.14. The lowest BCUT2D eigenvalue weighted by atomic mass is 10.1. The van der Waals surface area contributed by atoms with Crippen LogP contribution < -0.4 is 4.52 Å². The summed E-state index contributed by atoms with van der Waals surface area (Å²) in [5.74, 6) is 0.542. The molecule has 0 saturated carbocycles. The van der Waals surface area contributed by atoms with Crippen LogP contribution in [0.1, 0.15) is 5.56 Å². The summed E-state index contributed by atoms with van der Waals surface area (Å²) in [6.07, 6.45) is -0.473. The summed E-state index contributed by atoms with van der Waals surface area (Å²) in [5, 5.41) is 17.9. The molecule has 5 heteroatoms. The van der Waals surface area contributed by atoms with Crippen LogP contribution in [-0.4, -0.2) is 27.8 Å². The van der Waals surface area contributed by atoms with E-state index in [-0.39, 0.29) is 6.61 Å². The molecule has 0 bridgehead atoms. The summed E-state index contributed by atoms with van der Waals surface area (Å²) in [7, 11) is -0.615. The molecule has 0 aliphatic rings. The summed E-state index contributed by atoms with van der Waals surface area (Å²) in [4.78, 5) is 8.63. The van der Waals surface area contributed by atoms with Gasteiger partial charge in [-0.15, -0.1) is 0 Å². The van der Waals surface area contributed by atoms with E-state index in [1.165, 1.54) is 0 Å². The molecule has 1 aromatic carbocycles. The van der Waals surface area contributed by atoms with Gasteiger partial charge in [-0.3, -0.25) is 0 Å². The van der Waals surface area contributed by atoms with E-state index in [9.17, 15) is 5.11 Å². The number of aliphatic hydroxyl groups is 2. The molecule has 1 aromatic rings. The van der Waals surface area contributed by atoms with Gasteiger partial charge >= 0.3 is 0 Å². The highest BCUT2D eigenvalue weighted by atomic mass is 31.1. The Labute approximate surface area is 84.1 Å². The quantitative estimate of drug-likeness (QED) is 0.625. The molecule has 3 N–H and O–H groups in total. The van der Waals surface area contributed by atoms with Gasteiger partial charge in [-0.1, -0.05) is 18.2 Å². The molecule has 0 heterocycles. The number of rotatable bonds is 5. The van der Waals surface area contributed by atoms with Crippen LogP contribution in [0.3, 0.4) is 0 Å². The molecule has 0 fully saturated rings. The van der Waals surface area contributed by atoms with Gasteiger partial charge in [0, 0.05) is 6.42 Å². The van der Waals surface area contributed by atoms with Gasteiger partial charge in [-0.25, -0.2) is 0 Å². The highest BCUT2D eigenvalue weighted by molar-refractivity contribution is 7.25. The molecule has 14 heavy (non-hydrogen) atoms. The Balaban J connectivity index is 2.73. The number of hydrogen-bond donors (Lipinski definition) is 3. The summed E-state index contributed by atoms with van der Waals surface area (Å²) >= 11 is 0. The predicted molar refractivity (Wildman–Crippen MR) is 54.4 cm³/mol. The minimum absolute atomic E-state index is 0.282. The van der Waals surface area contributed by atoms with E-state index < -0.39 is 15.1 Å². The van der Waals surface area contributed by atoms with Crippen LogP contribution in [0, 0.1) is 0 Å². The second-order valence-electron chi connectivity index (χ2n) is 2.84. The Kier molecular flexibility index (Phi) is 4.84. The van der Waals surface area contributed by atoms with Crippen molar-refractivity contribution in [3.05, 3.63) is 29.8 Å². The average Bonchev–Trinajstić information content (AvgIpc) is 2.21. The lowest BCUT2D eigenvalue weighted by molar-refractivity contribution is 0.0952. The van der Waals surface area contributed by atoms with Gasteiger partial charge in [0.05, 0.1) is 12.7 Å². The SMILES string of the molecule is OCC(O)Cc1ccccc1OPO. The molecule has 0 aromatic heterocycles. The smallest absolute Gasteiger partial charge is 0.212 e. The van der Waals surface area contributed by atoms with E-state index in [1.54, 1.807) is 18.2 Å². The highest BCUT2D eigenvalue weighted by Gasteiger charge is 2.08. The maximum absolute atomic E-state index is 9.24. The molecule has 0 radical (unpaired) electrons. The van der Waals surface area contributed by atoms with E-state index >= 15 is 0 Å². The molecule has 0 saturated heterocycles. The molecular formula is C9H13O4P. The van der Waals surface area contributed by atoms with Crippen LogP contribution in [0.15, 0.2) is 24.3 Å². The van der Waals surface area contributed by atoms with Crippen molar-refractivity contribution in [3.63, 3.8) is 0 Å². The Morgan fingerprint density at radius 2 is 2.07 bits per heavy atom. The molecule has 0 amide bonds. The standard InChI is InChI=1S/C9H13O4P/c10-6-8(11)5-7-3-1-2-4-9(7)13-14-12/h1-4,8,10-12,14H,5-6H2. The zero-order valence-corrected chi connectivity index (χ0v) is 8.55. The molecule has 4 nitrogen and oxygen atoms in total. The van der Waals surface area contributed by atoms with Crippen molar-refractivity contribution in [2.24, 2.45) is 0 Å². The molecule has 0 aliphatic heterocycles. The molecular weight excluding hydrogens is 203 g/mol. The monoisotopic (exact) mass is 216 g/mol. The molecule has 1 rings (SSSR count). The summed E-state index contributed by atoms with van der Waals surface area (Å²) in [6.45, 7) is -0.282. The first kappa shape index (κ1) is 11.4. The van der Waals surface area contributed by atoms with Gasteiger partial charge in [-0.2, -0.15) is 0 Å². The highest BCUT2D eigenvalue weighted by Crippen LogP contribution is 2.24. The van der Waals surface area contributed by atoms with Crippen LogP contribution in [0.25, 0.3) is 0 Å². The number of para-hydroxylation sites is 1. The third kappa shape index (κ3) is 3.24. The Morgan fingerprint density at radius 3 is 2.71 bits per heavy atom. The topological polar surface area (TPSA) is 69.9 Å². The average molecular weight is 216 g/mol. The van der Waals surface area contributed by atoms with Gasteiger partial charge in [0.25, 0.3) is 0 Å². The van der Waals surface area contributed by atoms with Gasteiger partial charge in [-0.05, 0) is 11.6 Å². The first-order valence-corrected chi connectivity index (χ1v) is 5.06. The van der Waals surface area contributed by atoms with Crippen molar-refractivity contribution >= 4 is 9.03 Å². The van der Waals surface area contributed by atoms with Crippen LogP contribution in [-0.2, 0) is 6.42 Å². The fourth-order valence-corrected chi connectivity index (χ4v) is 1.44. The third-order valence-electron chi connectivity index (χ3n) is 1.79. The first-order chi connectivity index (χ1) is 6.77. The third-order valence-corrected chi connectivity index (χ3v) is 2.11. The molecule has 2 unspecified atom stereocenters.